The van der Waals surface area contributed by atoms with Crippen molar-refractivity contribution in [3.05, 3.63) is 131 Å². The van der Waals surface area contributed by atoms with E-state index in [1.165, 1.54) is 36.4 Å². The summed E-state index contributed by atoms with van der Waals surface area (Å²) in [6, 6.07) is 25.1. The minimum Gasteiger partial charge on any atom is -0.497 e. The summed E-state index contributed by atoms with van der Waals surface area (Å²) in [4.78, 5) is 29.3. The molecule has 1 heterocycles. The molecule has 0 bridgehead atoms. The number of hydrogen-bond acceptors (Lipinski definition) is 3. The molecule has 37 heavy (non-hydrogen) atoms. The van der Waals surface area contributed by atoms with Gasteiger partial charge in [-0.25, -0.2) is 8.78 Å². The third kappa shape index (κ3) is 4.93. The molecule has 0 saturated carbocycles. The van der Waals surface area contributed by atoms with E-state index in [2.05, 4.69) is 5.32 Å². The molecule has 4 aromatic rings. The number of carbonyl (C=O) groups excluding carboxylic acids is 2. The summed E-state index contributed by atoms with van der Waals surface area (Å²) in [6.07, 6.45) is 0. The van der Waals surface area contributed by atoms with Gasteiger partial charge in [0.1, 0.15) is 17.4 Å². The van der Waals surface area contributed by atoms with Gasteiger partial charge < -0.3 is 15.0 Å². The minimum absolute atomic E-state index is 0.171. The van der Waals surface area contributed by atoms with Gasteiger partial charge in [0, 0.05) is 17.8 Å². The van der Waals surface area contributed by atoms with Crippen molar-refractivity contribution in [2.45, 2.75) is 18.5 Å². The predicted molar refractivity (Wildman–Crippen MR) is 136 cm³/mol. The second-order valence-corrected chi connectivity index (χ2v) is 8.84. The van der Waals surface area contributed by atoms with E-state index in [9.17, 15) is 18.4 Å². The van der Waals surface area contributed by atoms with Gasteiger partial charge in [-0.1, -0.05) is 42.5 Å². The molecule has 0 spiro atoms. The fraction of sp³-hybridized carbons (Fsp3) is 0.133. The van der Waals surface area contributed by atoms with E-state index in [0.717, 1.165) is 11.1 Å². The van der Waals surface area contributed by atoms with E-state index in [-0.39, 0.29) is 24.2 Å². The number of methoxy groups -OCH3 is 1. The van der Waals surface area contributed by atoms with Crippen molar-refractivity contribution in [2.24, 2.45) is 0 Å². The quantitative estimate of drug-likeness (QED) is 0.350. The SMILES string of the molecule is COc1ccc([C@@H]2[C@H](C(=O)Nc3ccc(F)cc3)c3ccccc3C(=O)N2Cc2ccc(F)cc2)cc1. The second-order valence-electron chi connectivity index (χ2n) is 8.84. The van der Waals surface area contributed by atoms with E-state index in [1.54, 1.807) is 60.5 Å². The van der Waals surface area contributed by atoms with Crippen molar-refractivity contribution in [3.63, 3.8) is 0 Å². The lowest BCUT2D eigenvalue weighted by atomic mass is 9.79. The number of fused-ring (bicyclic) bond motifs is 1. The lowest BCUT2D eigenvalue weighted by molar-refractivity contribution is -0.119. The van der Waals surface area contributed by atoms with Gasteiger partial charge in [-0.15, -0.1) is 0 Å². The number of halogens is 2. The second kappa shape index (κ2) is 10.2. The van der Waals surface area contributed by atoms with Crippen LogP contribution in [0.3, 0.4) is 0 Å². The van der Waals surface area contributed by atoms with Crippen LogP contribution in [0.1, 0.15) is 39.0 Å². The van der Waals surface area contributed by atoms with Gasteiger partial charge in [0.15, 0.2) is 0 Å². The number of carbonyl (C=O) groups is 2. The number of ether oxygens (including phenoxy) is 1. The number of benzene rings is 4. The molecule has 1 aliphatic heterocycles. The molecule has 0 aliphatic carbocycles. The van der Waals surface area contributed by atoms with E-state index in [0.29, 0.717) is 22.6 Å². The number of nitrogens with zero attached hydrogens (tertiary/aromatic N) is 1. The van der Waals surface area contributed by atoms with Gasteiger partial charge >= 0.3 is 0 Å². The molecular weight excluding hydrogens is 474 g/mol. The number of amides is 2. The Kier molecular flexibility index (Phi) is 6.68. The first-order valence-electron chi connectivity index (χ1n) is 11.8. The summed E-state index contributed by atoms with van der Waals surface area (Å²) < 4.78 is 32.3. The van der Waals surface area contributed by atoms with Crippen LogP contribution in [0.25, 0.3) is 0 Å². The zero-order valence-electron chi connectivity index (χ0n) is 20.0. The van der Waals surface area contributed by atoms with E-state index >= 15 is 0 Å². The van der Waals surface area contributed by atoms with Crippen LogP contribution in [0.5, 0.6) is 5.75 Å². The van der Waals surface area contributed by atoms with Gasteiger partial charge in [0.05, 0.1) is 19.1 Å². The molecule has 1 N–H and O–H groups in total. The molecule has 5 nitrogen and oxygen atoms in total. The molecule has 0 unspecified atom stereocenters. The normalized spacial score (nSPS) is 16.7. The Bertz CT molecular complexity index is 1420. The molecule has 2 amide bonds. The van der Waals surface area contributed by atoms with Gasteiger partial charge in [0.2, 0.25) is 5.91 Å². The Balaban J connectivity index is 1.62. The van der Waals surface area contributed by atoms with Gasteiger partial charge in [-0.05, 0) is 71.3 Å². The van der Waals surface area contributed by atoms with Gasteiger partial charge in [-0.2, -0.15) is 0 Å². The zero-order valence-corrected chi connectivity index (χ0v) is 20.0. The summed E-state index contributed by atoms with van der Waals surface area (Å²) in [7, 11) is 1.56. The first-order valence-corrected chi connectivity index (χ1v) is 11.8. The summed E-state index contributed by atoms with van der Waals surface area (Å²) in [5.41, 5.74) is 2.94. The van der Waals surface area contributed by atoms with Crippen molar-refractivity contribution in [1.82, 2.24) is 4.90 Å². The summed E-state index contributed by atoms with van der Waals surface area (Å²) in [5.74, 6) is -1.48. The van der Waals surface area contributed by atoms with E-state index < -0.39 is 17.8 Å². The molecule has 0 saturated heterocycles. The maximum Gasteiger partial charge on any atom is 0.255 e. The van der Waals surface area contributed by atoms with Crippen molar-refractivity contribution in [3.8, 4) is 5.75 Å². The van der Waals surface area contributed by atoms with Gasteiger partial charge in [0.25, 0.3) is 5.91 Å². The van der Waals surface area contributed by atoms with Crippen LogP contribution in [0.2, 0.25) is 0 Å². The molecule has 186 valence electrons. The third-order valence-electron chi connectivity index (χ3n) is 6.56. The molecule has 0 fully saturated rings. The number of hydrogen-bond donors (Lipinski definition) is 1. The standard InChI is InChI=1S/C30H24F2N2O3/c1-37-24-16-8-20(9-17-24)28-27(29(35)33-23-14-12-22(32)13-15-23)25-4-2-3-5-26(25)30(36)34(28)18-19-6-10-21(31)11-7-19/h2-17,27-28H,18H2,1H3,(H,33,35)/t27-,28-/m1/s1. The summed E-state index contributed by atoms with van der Waals surface area (Å²) in [5, 5.41) is 2.89. The van der Waals surface area contributed by atoms with Crippen molar-refractivity contribution >= 4 is 17.5 Å². The largest absolute Gasteiger partial charge is 0.497 e. The smallest absolute Gasteiger partial charge is 0.255 e. The first kappa shape index (κ1) is 24.2. The Morgan fingerprint density at radius 1 is 0.865 bits per heavy atom. The number of nitrogens with one attached hydrogen (secondary N) is 1. The molecule has 0 aromatic heterocycles. The average molecular weight is 499 g/mol. The first-order chi connectivity index (χ1) is 17.9. The topological polar surface area (TPSA) is 58.6 Å². The maximum atomic E-state index is 13.9. The molecule has 7 heteroatoms. The highest BCUT2D eigenvalue weighted by Gasteiger charge is 2.44. The van der Waals surface area contributed by atoms with Crippen LogP contribution in [0.15, 0.2) is 97.1 Å². The molecule has 0 radical (unpaired) electrons. The Hall–Kier alpha value is -4.52. The fourth-order valence-electron chi connectivity index (χ4n) is 4.76. The lowest BCUT2D eigenvalue weighted by Gasteiger charge is -2.42. The molecule has 5 rings (SSSR count). The van der Waals surface area contributed by atoms with Crippen LogP contribution >= 0.6 is 0 Å². The monoisotopic (exact) mass is 498 g/mol. The maximum absolute atomic E-state index is 13.9. The number of anilines is 1. The van der Waals surface area contributed by atoms with Crippen molar-refractivity contribution < 1.29 is 23.1 Å². The van der Waals surface area contributed by atoms with E-state index in [4.69, 9.17) is 4.74 Å². The number of rotatable bonds is 6. The summed E-state index contributed by atoms with van der Waals surface area (Å²) in [6.45, 7) is 0.171. The molecular formula is C30H24F2N2O3. The third-order valence-corrected chi connectivity index (χ3v) is 6.56. The van der Waals surface area contributed by atoms with Crippen LogP contribution in [-0.2, 0) is 11.3 Å². The van der Waals surface area contributed by atoms with Crippen LogP contribution in [-0.4, -0.2) is 23.8 Å². The Morgan fingerprint density at radius 2 is 1.49 bits per heavy atom. The Morgan fingerprint density at radius 3 is 2.14 bits per heavy atom. The van der Waals surface area contributed by atoms with Crippen LogP contribution in [0.4, 0.5) is 14.5 Å². The average Bonchev–Trinajstić information content (AvgIpc) is 2.92. The molecule has 4 aromatic carbocycles. The molecule has 2 atom stereocenters. The van der Waals surface area contributed by atoms with Crippen molar-refractivity contribution in [1.29, 1.82) is 0 Å². The highest BCUT2D eigenvalue weighted by molar-refractivity contribution is 6.04. The van der Waals surface area contributed by atoms with Crippen LogP contribution in [0, 0.1) is 11.6 Å². The van der Waals surface area contributed by atoms with Crippen molar-refractivity contribution in [2.75, 3.05) is 12.4 Å². The van der Waals surface area contributed by atoms with Crippen LogP contribution < -0.4 is 10.1 Å². The fourth-order valence-corrected chi connectivity index (χ4v) is 4.76. The highest BCUT2D eigenvalue weighted by atomic mass is 19.1. The highest BCUT2D eigenvalue weighted by Crippen LogP contribution is 2.44. The lowest BCUT2D eigenvalue weighted by Crippen LogP contribution is -2.45. The van der Waals surface area contributed by atoms with E-state index in [1.807, 2.05) is 12.1 Å². The molecule has 1 aliphatic rings. The van der Waals surface area contributed by atoms with Gasteiger partial charge in [-0.3, -0.25) is 9.59 Å². The summed E-state index contributed by atoms with van der Waals surface area (Å²) >= 11 is 0. The Labute approximate surface area is 213 Å². The zero-order chi connectivity index (χ0) is 25.9. The minimum atomic E-state index is -0.771. The predicted octanol–water partition coefficient (Wildman–Crippen LogP) is 6.09.